The van der Waals surface area contributed by atoms with Crippen LogP contribution in [-0.2, 0) is 28.9 Å². The van der Waals surface area contributed by atoms with Crippen molar-refractivity contribution in [1.29, 1.82) is 0 Å². The molecule has 1 aromatic carbocycles. The summed E-state index contributed by atoms with van der Waals surface area (Å²) in [6, 6.07) is 6.73. The summed E-state index contributed by atoms with van der Waals surface area (Å²) in [5.74, 6) is 0. The summed E-state index contributed by atoms with van der Waals surface area (Å²) < 4.78 is 13.5. The highest BCUT2D eigenvalue weighted by Crippen LogP contribution is 2.41. The van der Waals surface area contributed by atoms with E-state index in [-0.39, 0.29) is 6.10 Å². The topological polar surface area (TPSA) is 49.2 Å². The predicted molar refractivity (Wildman–Crippen MR) is 94.3 cm³/mol. The van der Waals surface area contributed by atoms with E-state index in [4.69, 9.17) is 9.47 Å². The Bertz CT molecular complexity index is 764. The quantitative estimate of drug-likeness (QED) is 0.862. The Morgan fingerprint density at radius 1 is 1.16 bits per heavy atom. The Kier molecular flexibility index (Phi) is 3.86. The van der Waals surface area contributed by atoms with Crippen LogP contribution in [0.3, 0.4) is 0 Å². The van der Waals surface area contributed by atoms with Crippen molar-refractivity contribution in [3.8, 4) is 11.3 Å². The lowest BCUT2D eigenvalue weighted by atomic mass is 9.78. The van der Waals surface area contributed by atoms with Gasteiger partial charge in [0.05, 0.1) is 25.5 Å². The second kappa shape index (κ2) is 6.22. The third-order valence-electron chi connectivity index (χ3n) is 6.16. The third kappa shape index (κ3) is 3.00. The first-order valence-corrected chi connectivity index (χ1v) is 9.51. The van der Waals surface area contributed by atoms with E-state index in [2.05, 4.69) is 34.7 Å². The molecule has 0 saturated carbocycles. The average molecular weight is 339 g/mol. The van der Waals surface area contributed by atoms with Crippen molar-refractivity contribution in [2.75, 3.05) is 19.8 Å². The van der Waals surface area contributed by atoms with Gasteiger partial charge in [-0.2, -0.15) is 0 Å². The van der Waals surface area contributed by atoms with Crippen molar-refractivity contribution in [3.63, 3.8) is 0 Å². The Labute approximate surface area is 148 Å². The summed E-state index contributed by atoms with van der Waals surface area (Å²) in [6.07, 6.45) is 9.36. The van der Waals surface area contributed by atoms with Crippen LogP contribution in [0.1, 0.15) is 36.8 Å². The van der Waals surface area contributed by atoms with E-state index in [0.717, 1.165) is 51.3 Å². The molecule has 0 N–H and O–H groups in total. The number of aromatic nitrogens is 3. The average Bonchev–Trinajstić information content (AvgIpc) is 3.36. The molecule has 1 aliphatic carbocycles. The molecular weight excluding hydrogens is 314 g/mol. The van der Waals surface area contributed by atoms with Crippen LogP contribution in [0.5, 0.6) is 0 Å². The SMILES string of the molecule is c1cc2c(cc1-c1cn(CC3CC4(CCOCC4)CO3)nn1)CCC2. The van der Waals surface area contributed by atoms with Gasteiger partial charge in [0.15, 0.2) is 0 Å². The van der Waals surface area contributed by atoms with Gasteiger partial charge < -0.3 is 9.47 Å². The molecule has 2 fully saturated rings. The molecule has 5 rings (SSSR count). The molecule has 25 heavy (non-hydrogen) atoms. The highest BCUT2D eigenvalue weighted by atomic mass is 16.5. The van der Waals surface area contributed by atoms with Gasteiger partial charge in [0, 0.05) is 24.2 Å². The Morgan fingerprint density at radius 2 is 2.04 bits per heavy atom. The van der Waals surface area contributed by atoms with Crippen LogP contribution >= 0.6 is 0 Å². The number of nitrogens with zero attached hydrogens (tertiary/aromatic N) is 3. The normalized spacial score (nSPS) is 24.7. The van der Waals surface area contributed by atoms with Gasteiger partial charge in [0.2, 0.25) is 0 Å². The molecule has 2 aliphatic heterocycles. The van der Waals surface area contributed by atoms with E-state index in [1.807, 2.05) is 4.68 Å². The van der Waals surface area contributed by atoms with Crippen molar-refractivity contribution in [1.82, 2.24) is 15.0 Å². The molecule has 1 aromatic heterocycles. The van der Waals surface area contributed by atoms with Crippen molar-refractivity contribution >= 4 is 0 Å². The first-order valence-electron chi connectivity index (χ1n) is 9.51. The molecule has 2 saturated heterocycles. The largest absolute Gasteiger partial charge is 0.381 e. The molecule has 132 valence electrons. The molecule has 5 heteroatoms. The zero-order valence-corrected chi connectivity index (χ0v) is 14.6. The number of ether oxygens (including phenoxy) is 2. The van der Waals surface area contributed by atoms with Crippen molar-refractivity contribution in [2.45, 2.75) is 51.2 Å². The second-order valence-corrected chi connectivity index (χ2v) is 7.91. The number of fused-ring (bicyclic) bond motifs is 1. The van der Waals surface area contributed by atoms with Gasteiger partial charge in [0.25, 0.3) is 0 Å². The van der Waals surface area contributed by atoms with Crippen LogP contribution in [0, 0.1) is 5.41 Å². The van der Waals surface area contributed by atoms with Gasteiger partial charge in [-0.15, -0.1) is 5.10 Å². The van der Waals surface area contributed by atoms with Crippen LogP contribution in [0.15, 0.2) is 24.4 Å². The Morgan fingerprint density at radius 3 is 2.96 bits per heavy atom. The van der Waals surface area contributed by atoms with Gasteiger partial charge in [-0.1, -0.05) is 17.3 Å². The lowest BCUT2D eigenvalue weighted by Gasteiger charge is -2.31. The minimum absolute atomic E-state index is 0.243. The summed E-state index contributed by atoms with van der Waals surface area (Å²) in [7, 11) is 0. The molecule has 3 heterocycles. The summed E-state index contributed by atoms with van der Waals surface area (Å²) in [4.78, 5) is 0. The van der Waals surface area contributed by atoms with Crippen molar-refractivity contribution in [3.05, 3.63) is 35.5 Å². The van der Waals surface area contributed by atoms with Crippen LogP contribution in [0.2, 0.25) is 0 Å². The van der Waals surface area contributed by atoms with Crippen LogP contribution in [0.4, 0.5) is 0 Å². The molecule has 3 aliphatic rings. The van der Waals surface area contributed by atoms with E-state index in [1.165, 1.54) is 36.0 Å². The van der Waals surface area contributed by atoms with Crippen LogP contribution < -0.4 is 0 Å². The maximum atomic E-state index is 6.08. The van der Waals surface area contributed by atoms with Gasteiger partial charge in [0.1, 0.15) is 5.69 Å². The lowest BCUT2D eigenvalue weighted by molar-refractivity contribution is 0.00633. The van der Waals surface area contributed by atoms with Gasteiger partial charge in [-0.05, 0) is 55.7 Å². The summed E-state index contributed by atoms with van der Waals surface area (Å²) in [5.41, 5.74) is 5.46. The summed E-state index contributed by atoms with van der Waals surface area (Å²) in [5, 5.41) is 8.74. The van der Waals surface area contributed by atoms with E-state index >= 15 is 0 Å². The smallest absolute Gasteiger partial charge is 0.113 e. The van der Waals surface area contributed by atoms with E-state index in [1.54, 1.807) is 0 Å². The minimum atomic E-state index is 0.243. The molecule has 0 amide bonds. The zero-order chi connectivity index (χ0) is 16.7. The predicted octanol–water partition coefficient (Wildman–Crippen LogP) is 3.02. The van der Waals surface area contributed by atoms with E-state index in [9.17, 15) is 0 Å². The molecule has 0 radical (unpaired) electrons. The lowest BCUT2D eigenvalue weighted by Crippen LogP contribution is -2.30. The monoisotopic (exact) mass is 339 g/mol. The van der Waals surface area contributed by atoms with Crippen LogP contribution in [-0.4, -0.2) is 40.9 Å². The highest BCUT2D eigenvalue weighted by molar-refractivity contribution is 5.60. The minimum Gasteiger partial charge on any atom is -0.381 e. The highest BCUT2D eigenvalue weighted by Gasteiger charge is 2.41. The van der Waals surface area contributed by atoms with Crippen molar-refractivity contribution in [2.24, 2.45) is 5.41 Å². The van der Waals surface area contributed by atoms with Crippen molar-refractivity contribution < 1.29 is 9.47 Å². The number of hydrogen-bond acceptors (Lipinski definition) is 4. The van der Waals surface area contributed by atoms with Gasteiger partial charge in [-0.25, -0.2) is 4.68 Å². The number of aryl methyl sites for hydroxylation is 2. The van der Waals surface area contributed by atoms with Gasteiger partial charge in [-0.3, -0.25) is 0 Å². The molecule has 2 aromatic rings. The molecule has 0 bridgehead atoms. The fourth-order valence-corrected chi connectivity index (χ4v) is 4.63. The Hall–Kier alpha value is -1.72. The van der Waals surface area contributed by atoms with E-state index in [0.29, 0.717) is 5.41 Å². The van der Waals surface area contributed by atoms with Gasteiger partial charge >= 0.3 is 0 Å². The third-order valence-corrected chi connectivity index (χ3v) is 6.16. The zero-order valence-electron chi connectivity index (χ0n) is 14.6. The van der Waals surface area contributed by atoms with Crippen LogP contribution in [0.25, 0.3) is 11.3 Å². The first kappa shape index (κ1) is 15.5. The molecule has 5 nitrogen and oxygen atoms in total. The summed E-state index contributed by atoms with van der Waals surface area (Å²) >= 11 is 0. The summed E-state index contributed by atoms with van der Waals surface area (Å²) in [6.45, 7) is 3.41. The Balaban J connectivity index is 1.27. The maximum absolute atomic E-state index is 6.08. The number of benzene rings is 1. The molecular formula is C20H25N3O2. The molecule has 1 unspecified atom stereocenters. The fourth-order valence-electron chi connectivity index (χ4n) is 4.63. The number of rotatable bonds is 3. The first-order chi connectivity index (χ1) is 12.3. The maximum Gasteiger partial charge on any atom is 0.113 e. The number of hydrogen-bond donors (Lipinski definition) is 0. The standard InChI is InChI=1S/C20H25N3O2/c1-2-15-4-5-17(10-16(15)3-1)19-13-23(22-21-19)12-18-11-20(14-25-18)6-8-24-9-7-20/h4-5,10,13,18H,1-3,6-9,11-12,14H2. The molecule has 1 atom stereocenters. The fraction of sp³-hybridized carbons (Fsp3) is 0.600. The second-order valence-electron chi connectivity index (χ2n) is 7.91. The van der Waals surface area contributed by atoms with E-state index < -0.39 is 0 Å². The molecule has 1 spiro atoms.